The van der Waals surface area contributed by atoms with Gasteiger partial charge in [-0.15, -0.1) is 10.2 Å². The summed E-state index contributed by atoms with van der Waals surface area (Å²) in [5.74, 6) is 2.68. The number of amides is 1. The Bertz CT molecular complexity index is 925. The van der Waals surface area contributed by atoms with Crippen molar-refractivity contribution in [1.29, 1.82) is 0 Å². The molecule has 0 bridgehead atoms. The summed E-state index contributed by atoms with van der Waals surface area (Å²) in [7, 11) is 0. The number of imidazole rings is 1. The maximum atomic E-state index is 13.1. The summed E-state index contributed by atoms with van der Waals surface area (Å²) in [6.45, 7) is 2.31. The number of benzene rings is 1. The van der Waals surface area contributed by atoms with Crippen molar-refractivity contribution in [1.82, 2.24) is 29.6 Å². The summed E-state index contributed by atoms with van der Waals surface area (Å²) in [4.78, 5) is 23.1. The van der Waals surface area contributed by atoms with Gasteiger partial charge in [-0.25, -0.2) is 4.98 Å². The number of hydrogen-bond donors (Lipinski definition) is 1. The number of fused-ring (bicyclic) bond motifs is 2. The van der Waals surface area contributed by atoms with Crippen LogP contribution in [0.15, 0.2) is 24.3 Å². The first-order chi connectivity index (χ1) is 12.8. The number of carbonyl (C=O) groups is 1. The van der Waals surface area contributed by atoms with Gasteiger partial charge in [0.15, 0.2) is 0 Å². The van der Waals surface area contributed by atoms with Crippen LogP contribution in [0.5, 0.6) is 0 Å². The van der Waals surface area contributed by atoms with Gasteiger partial charge in [0.2, 0.25) is 5.82 Å². The Morgan fingerprint density at radius 1 is 1.12 bits per heavy atom. The molecule has 0 unspecified atom stereocenters. The molecule has 134 valence electrons. The zero-order valence-electron chi connectivity index (χ0n) is 14.7. The van der Waals surface area contributed by atoms with E-state index in [2.05, 4.69) is 15.2 Å². The largest absolute Gasteiger partial charge is 0.342 e. The molecular formula is C19H22N6O. The van der Waals surface area contributed by atoms with E-state index in [4.69, 9.17) is 4.98 Å². The molecule has 1 atom stereocenters. The standard InChI is InChI=1S/C19H22N6O/c26-19(18-23-22-16-9-3-4-11-25(16)18)24-10-5-6-13(12-24)17-20-14-7-1-2-8-15(14)21-17/h1-2,7-8,13H,3-6,9-12H2,(H,20,21)/t13-/m0/s1. The molecule has 4 heterocycles. The second-order valence-electron chi connectivity index (χ2n) is 7.28. The molecule has 2 aromatic heterocycles. The molecule has 1 amide bonds. The van der Waals surface area contributed by atoms with Crippen LogP contribution in [-0.2, 0) is 13.0 Å². The molecule has 7 heteroatoms. The van der Waals surface area contributed by atoms with E-state index in [-0.39, 0.29) is 11.8 Å². The zero-order valence-corrected chi connectivity index (χ0v) is 14.7. The minimum absolute atomic E-state index is 0.00598. The Hall–Kier alpha value is -2.70. The summed E-state index contributed by atoms with van der Waals surface area (Å²) in [5, 5.41) is 8.43. The van der Waals surface area contributed by atoms with Crippen molar-refractivity contribution in [3.8, 4) is 0 Å². The second-order valence-corrected chi connectivity index (χ2v) is 7.28. The number of nitrogens with zero attached hydrogens (tertiary/aromatic N) is 5. The topological polar surface area (TPSA) is 79.7 Å². The monoisotopic (exact) mass is 350 g/mol. The van der Waals surface area contributed by atoms with Crippen LogP contribution in [0.4, 0.5) is 0 Å². The lowest BCUT2D eigenvalue weighted by Gasteiger charge is -2.31. The van der Waals surface area contributed by atoms with Gasteiger partial charge in [-0.2, -0.15) is 0 Å². The smallest absolute Gasteiger partial charge is 0.291 e. The number of nitrogens with one attached hydrogen (secondary N) is 1. The van der Waals surface area contributed by atoms with Crippen molar-refractivity contribution in [3.63, 3.8) is 0 Å². The average molecular weight is 350 g/mol. The Morgan fingerprint density at radius 3 is 2.96 bits per heavy atom. The van der Waals surface area contributed by atoms with E-state index >= 15 is 0 Å². The van der Waals surface area contributed by atoms with Crippen LogP contribution in [0.1, 0.15) is 53.9 Å². The molecule has 1 fully saturated rings. The fourth-order valence-corrected chi connectivity index (χ4v) is 4.16. The number of para-hydroxylation sites is 2. The molecule has 7 nitrogen and oxygen atoms in total. The van der Waals surface area contributed by atoms with Gasteiger partial charge in [0.25, 0.3) is 5.91 Å². The Labute approximate surface area is 151 Å². The fourth-order valence-electron chi connectivity index (χ4n) is 4.16. The van der Waals surface area contributed by atoms with E-state index < -0.39 is 0 Å². The molecule has 2 aliphatic heterocycles. The molecule has 1 saturated heterocycles. The highest BCUT2D eigenvalue weighted by Gasteiger charge is 2.31. The molecular weight excluding hydrogens is 328 g/mol. The molecule has 3 aromatic rings. The molecule has 0 spiro atoms. The third-order valence-electron chi connectivity index (χ3n) is 5.55. The second kappa shape index (κ2) is 6.23. The van der Waals surface area contributed by atoms with Crippen LogP contribution in [0, 0.1) is 0 Å². The predicted octanol–water partition coefficient (Wildman–Crippen LogP) is 2.51. The number of H-pyrrole nitrogens is 1. The molecule has 0 saturated carbocycles. The van der Waals surface area contributed by atoms with Crippen molar-refractivity contribution >= 4 is 16.9 Å². The summed E-state index contributed by atoms with van der Waals surface area (Å²) in [6.07, 6.45) is 5.16. The van der Waals surface area contributed by atoms with Crippen LogP contribution >= 0.6 is 0 Å². The molecule has 26 heavy (non-hydrogen) atoms. The van der Waals surface area contributed by atoms with Crippen LogP contribution in [0.25, 0.3) is 11.0 Å². The number of piperidine rings is 1. The molecule has 1 N–H and O–H groups in total. The third-order valence-corrected chi connectivity index (χ3v) is 5.55. The molecule has 0 radical (unpaired) electrons. The minimum atomic E-state index is 0.00598. The van der Waals surface area contributed by atoms with Crippen LogP contribution in [0.2, 0.25) is 0 Å². The highest BCUT2D eigenvalue weighted by atomic mass is 16.2. The van der Waals surface area contributed by atoms with Gasteiger partial charge in [-0.05, 0) is 37.8 Å². The number of likely N-dealkylation sites (tertiary alicyclic amines) is 1. The molecule has 1 aromatic carbocycles. The zero-order chi connectivity index (χ0) is 17.5. The predicted molar refractivity (Wildman–Crippen MR) is 96.9 cm³/mol. The van der Waals surface area contributed by atoms with E-state index in [9.17, 15) is 4.79 Å². The Morgan fingerprint density at radius 2 is 2.04 bits per heavy atom. The van der Waals surface area contributed by atoms with Gasteiger partial charge in [0, 0.05) is 32.0 Å². The van der Waals surface area contributed by atoms with Crippen molar-refractivity contribution in [2.45, 2.75) is 44.6 Å². The van der Waals surface area contributed by atoms with Crippen molar-refractivity contribution in [2.24, 2.45) is 0 Å². The number of rotatable bonds is 2. The maximum Gasteiger partial charge on any atom is 0.291 e. The van der Waals surface area contributed by atoms with E-state index in [1.54, 1.807) is 0 Å². The van der Waals surface area contributed by atoms with Gasteiger partial charge < -0.3 is 14.5 Å². The molecule has 5 rings (SSSR count). The first-order valence-electron chi connectivity index (χ1n) is 9.45. The Kier molecular flexibility index (Phi) is 3.72. The van der Waals surface area contributed by atoms with Gasteiger partial charge >= 0.3 is 0 Å². The summed E-state index contributed by atoms with van der Waals surface area (Å²) >= 11 is 0. The highest BCUT2D eigenvalue weighted by molar-refractivity contribution is 5.91. The summed E-state index contributed by atoms with van der Waals surface area (Å²) in [5.41, 5.74) is 2.04. The number of carbonyl (C=O) groups excluding carboxylic acids is 1. The lowest BCUT2D eigenvalue weighted by molar-refractivity contribution is 0.0686. The van der Waals surface area contributed by atoms with Gasteiger partial charge in [-0.3, -0.25) is 4.79 Å². The normalized spacial score (nSPS) is 20.3. The maximum absolute atomic E-state index is 13.1. The Balaban J connectivity index is 1.38. The number of aromatic amines is 1. The SMILES string of the molecule is O=C(c1nnc2n1CCCC2)N1CCC[C@H](c2nc3ccccc3[nH]2)C1. The molecule has 2 aliphatic rings. The van der Waals surface area contributed by atoms with Crippen LogP contribution in [-0.4, -0.2) is 48.6 Å². The lowest BCUT2D eigenvalue weighted by atomic mass is 9.97. The third kappa shape index (κ3) is 2.58. The van der Waals surface area contributed by atoms with Gasteiger partial charge in [-0.1, -0.05) is 12.1 Å². The fraction of sp³-hybridized carbons (Fsp3) is 0.474. The summed E-state index contributed by atoms with van der Waals surface area (Å²) < 4.78 is 2.01. The van der Waals surface area contributed by atoms with Crippen LogP contribution in [0.3, 0.4) is 0 Å². The van der Waals surface area contributed by atoms with E-state index in [0.29, 0.717) is 12.4 Å². The minimum Gasteiger partial charge on any atom is -0.342 e. The first-order valence-corrected chi connectivity index (χ1v) is 9.45. The lowest BCUT2D eigenvalue weighted by Crippen LogP contribution is -2.40. The van der Waals surface area contributed by atoms with Crippen molar-refractivity contribution in [3.05, 3.63) is 41.7 Å². The molecule has 0 aliphatic carbocycles. The van der Waals surface area contributed by atoms with E-state index in [0.717, 1.165) is 67.9 Å². The number of aromatic nitrogens is 5. The number of aryl methyl sites for hydroxylation is 1. The quantitative estimate of drug-likeness (QED) is 0.770. The summed E-state index contributed by atoms with van der Waals surface area (Å²) in [6, 6.07) is 8.07. The van der Waals surface area contributed by atoms with E-state index in [1.165, 1.54) is 0 Å². The first kappa shape index (κ1) is 15.5. The average Bonchev–Trinajstić information content (AvgIpc) is 3.32. The van der Waals surface area contributed by atoms with Gasteiger partial charge in [0.1, 0.15) is 11.6 Å². The highest BCUT2D eigenvalue weighted by Crippen LogP contribution is 2.28. The van der Waals surface area contributed by atoms with Crippen LogP contribution < -0.4 is 0 Å². The number of hydrogen-bond acceptors (Lipinski definition) is 4. The van der Waals surface area contributed by atoms with Crippen molar-refractivity contribution in [2.75, 3.05) is 13.1 Å². The van der Waals surface area contributed by atoms with Gasteiger partial charge in [0.05, 0.1) is 11.0 Å². The van der Waals surface area contributed by atoms with E-state index in [1.807, 2.05) is 33.7 Å². The van der Waals surface area contributed by atoms with Crippen molar-refractivity contribution < 1.29 is 4.79 Å².